The molecule has 1 aliphatic carbocycles. The van der Waals surface area contributed by atoms with E-state index in [1.807, 2.05) is 6.92 Å². The van der Waals surface area contributed by atoms with Gasteiger partial charge >= 0.3 is 0 Å². The molecule has 20 heavy (non-hydrogen) atoms. The number of hydrogen-bond donors (Lipinski definition) is 1. The molecule has 6 heteroatoms. The Hall–Kier alpha value is -1.92. The molecular formula is C14H14NO4S-. The molecule has 0 radical (unpaired) electrons. The van der Waals surface area contributed by atoms with Crippen LogP contribution in [0.4, 0.5) is 0 Å². The van der Waals surface area contributed by atoms with Crippen LogP contribution >= 0.6 is 0 Å². The third-order valence-electron chi connectivity index (χ3n) is 3.24. The summed E-state index contributed by atoms with van der Waals surface area (Å²) in [6, 6.07) is 8.77. The number of hydrogen-bond acceptors (Lipinski definition) is 4. The van der Waals surface area contributed by atoms with Gasteiger partial charge in [0.05, 0.1) is 5.97 Å². The normalized spacial score (nSPS) is 19.1. The van der Waals surface area contributed by atoms with Gasteiger partial charge in [0.2, 0.25) is 10.0 Å². The summed E-state index contributed by atoms with van der Waals surface area (Å²) in [5.41, 5.74) is 1.41. The summed E-state index contributed by atoms with van der Waals surface area (Å²) in [5.74, 6) is -1.51. The number of carboxylic acid groups (broad SMARTS) is 1. The number of rotatable bonds is 4. The number of primary sulfonamides is 1. The fourth-order valence-corrected chi connectivity index (χ4v) is 3.28. The molecule has 0 bridgehead atoms. The van der Waals surface area contributed by atoms with Crippen LogP contribution in [0.5, 0.6) is 0 Å². The fraction of sp³-hybridized carbons (Fsp3) is 0.214. The number of allylic oxidation sites excluding steroid dienone is 2. The quantitative estimate of drug-likeness (QED) is 0.856. The van der Waals surface area contributed by atoms with Crippen molar-refractivity contribution >= 4 is 21.6 Å². The number of carboxylic acids is 1. The summed E-state index contributed by atoms with van der Waals surface area (Å²) >= 11 is 0. The Balaban J connectivity index is 2.73. The highest BCUT2D eigenvalue weighted by Crippen LogP contribution is 2.38. The van der Waals surface area contributed by atoms with E-state index in [-0.39, 0.29) is 5.57 Å². The molecule has 0 heterocycles. The second kappa shape index (κ2) is 5.22. The van der Waals surface area contributed by atoms with Crippen molar-refractivity contribution in [3.05, 3.63) is 53.1 Å². The van der Waals surface area contributed by atoms with Crippen molar-refractivity contribution in [2.75, 3.05) is 0 Å². The van der Waals surface area contributed by atoms with Crippen LogP contribution < -0.4 is 10.2 Å². The maximum absolute atomic E-state index is 11.6. The van der Waals surface area contributed by atoms with E-state index in [0.717, 1.165) is 0 Å². The molecule has 0 amide bonds. The molecule has 0 saturated heterocycles. The van der Waals surface area contributed by atoms with Crippen molar-refractivity contribution in [1.29, 1.82) is 0 Å². The van der Waals surface area contributed by atoms with Crippen molar-refractivity contribution in [3.8, 4) is 0 Å². The van der Waals surface area contributed by atoms with Crippen LogP contribution in [0.2, 0.25) is 0 Å². The molecule has 2 N–H and O–H groups in total. The molecule has 1 unspecified atom stereocenters. The Kier molecular flexibility index (Phi) is 3.78. The average Bonchev–Trinajstić information content (AvgIpc) is 2.79. The van der Waals surface area contributed by atoms with E-state index in [1.54, 1.807) is 30.3 Å². The fourth-order valence-electron chi connectivity index (χ4n) is 2.38. The minimum Gasteiger partial charge on any atom is -0.545 e. The highest BCUT2D eigenvalue weighted by atomic mass is 32.2. The van der Waals surface area contributed by atoms with Crippen molar-refractivity contribution in [3.63, 3.8) is 0 Å². The van der Waals surface area contributed by atoms with E-state index in [4.69, 9.17) is 5.14 Å². The van der Waals surface area contributed by atoms with Gasteiger partial charge < -0.3 is 9.90 Å². The molecule has 1 atom stereocenters. The minimum atomic E-state index is -4.04. The second-order valence-corrected chi connectivity index (χ2v) is 6.18. The topological polar surface area (TPSA) is 100 Å². The minimum absolute atomic E-state index is 0.282. The lowest BCUT2D eigenvalue weighted by molar-refractivity contribution is -0.299. The van der Waals surface area contributed by atoms with E-state index in [2.05, 4.69) is 0 Å². The van der Waals surface area contributed by atoms with Gasteiger partial charge in [-0.3, -0.25) is 0 Å². The van der Waals surface area contributed by atoms with E-state index in [0.29, 0.717) is 23.1 Å². The Morgan fingerprint density at radius 1 is 1.30 bits per heavy atom. The van der Waals surface area contributed by atoms with Crippen molar-refractivity contribution in [2.45, 2.75) is 18.6 Å². The lowest BCUT2D eigenvalue weighted by atomic mass is 9.96. The van der Waals surface area contributed by atoms with Gasteiger partial charge in [-0.2, -0.15) is 0 Å². The molecule has 0 aliphatic heterocycles. The Morgan fingerprint density at radius 2 is 1.90 bits per heavy atom. The first-order chi connectivity index (χ1) is 9.36. The highest BCUT2D eigenvalue weighted by Gasteiger charge is 2.34. The van der Waals surface area contributed by atoms with Crippen molar-refractivity contribution in [1.82, 2.24) is 0 Å². The predicted molar refractivity (Wildman–Crippen MR) is 73.6 cm³/mol. The van der Waals surface area contributed by atoms with Gasteiger partial charge in [-0.05, 0) is 23.1 Å². The molecule has 0 saturated carbocycles. The smallest absolute Gasteiger partial charge is 0.219 e. The van der Waals surface area contributed by atoms with Crippen LogP contribution in [0.1, 0.15) is 18.9 Å². The van der Waals surface area contributed by atoms with Gasteiger partial charge in [-0.15, -0.1) is 0 Å². The molecule has 0 aromatic heterocycles. The molecule has 1 aromatic carbocycles. The molecule has 0 spiro atoms. The van der Waals surface area contributed by atoms with Gasteiger partial charge in [0, 0.05) is 5.57 Å². The first kappa shape index (κ1) is 14.5. The van der Waals surface area contributed by atoms with E-state index in [1.165, 1.54) is 6.08 Å². The van der Waals surface area contributed by atoms with Crippen LogP contribution in [0.25, 0.3) is 5.57 Å². The molecule has 0 fully saturated rings. The summed E-state index contributed by atoms with van der Waals surface area (Å²) in [4.78, 5) is 11.4. The van der Waals surface area contributed by atoms with Crippen LogP contribution in [-0.2, 0) is 14.8 Å². The zero-order valence-electron chi connectivity index (χ0n) is 10.9. The van der Waals surface area contributed by atoms with Gasteiger partial charge in [-0.1, -0.05) is 43.3 Å². The Morgan fingerprint density at radius 3 is 2.35 bits per heavy atom. The zero-order valence-corrected chi connectivity index (χ0v) is 11.7. The Labute approximate surface area is 117 Å². The molecule has 1 aromatic rings. The van der Waals surface area contributed by atoms with Crippen molar-refractivity contribution < 1.29 is 18.3 Å². The number of aliphatic carboxylic acids is 1. The number of carbonyl (C=O) groups excluding carboxylic acids is 1. The largest absolute Gasteiger partial charge is 0.545 e. The first-order valence-electron chi connectivity index (χ1n) is 6.10. The second-order valence-electron chi connectivity index (χ2n) is 4.50. The summed E-state index contributed by atoms with van der Waals surface area (Å²) in [6.45, 7) is 1.83. The lowest BCUT2D eigenvalue weighted by Gasteiger charge is -2.15. The molecule has 2 rings (SSSR count). The van der Waals surface area contributed by atoms with Crippen LogP contribution in [0, 0.1) is 0 Å². The van der Waals surface area contributed by atoms with Crippen LogP contribution in [0.3, 0.4) is 0 Å². The van der Waals surface area contributed by atoms with Gasteiger partial charge in [0.15, 0.2) is 0 Å². The summed E-state index contributed by atoms with van der Waals surface area (Å²) in [7, 11) is -4.04. The molecule has 106 valence electrons. The zero-order chi connectivity index (χ0) is 14.9. The maximum Gasteiger partial charge on any atom is 0.219 e. The number of sulfonamides is 1. The molecular weight excluding hydrogens is 278 g/mol. The van der Waals surface area contributed by atoms with Crippen LogP contribution in [0.15, 0.2) is 47.6 Å². The Bertz CT molecular complexity index is 702. The average molecular weight is 292 g/mol. The molecule has 5 nitrogen and oxygen atoms in total. The van der Waals surface area contributed by atoms with Gasteiger partial charge in [0.25, 0.3) is 0 Å². The predicted octanol–water partition coefficient (Wildman–Crippen LogP) is 0.197. The first-order valence-corrected chi connectivity index (χ1v) is 7.70. The SMILES string of the molecule is CCC1=CC(S(N)(=O)=O)C(C(=O)[O-])=C1c1ccccc1. The monoisotopic (exact) mass is 292 g/mol. The number of benzene rings is 1. The van der Waals surface area contributed by atoms with Crippen LogP contribution in [-0.4, -0.2) is 19.6 Å². The summed E-state index contributed by atoms with van der Waals surface area (Å²) in [6.07, 6.45) is 1.90. The van der Waals surface area contributed by atoms with Gasteiger partial charge in [0.1, 0.15) is 5.25 Å². The van der Waals surface area contributed by atoms with Crippen molar-refractivity contribution in [2.24, 2.45) is 5.14 Å². The summed E-state index contributed by atoms with van der Waals surface area (Å²) < 4.78 is 23.2. The summed E-state index contributed by atoms with van der Waals surface area (Å²) in [5, 5.41) is 15.2. The molecule has 1 aliphatic rings. The number of nitrogens with two attached hydrogens (primary N) is 1. The van der Waals surface area contributed by atoms with Gasteiger partial charge in [-0.25, -0.2) is 13.6 Å². The van der Waals surface area contributed by atoms with E-state index < -0.39 is 21.2 Å². The standard InChI is InChI=1S/C14H15NO4S/c1-2-9-8-11(20(15,18)19)13(14(16)17)12(9)10-6-4-3-5-7-10/h3-8,11H,2H2,1H3,(H,16,17)(H2,15,18,19)/p-1. The third kappa shape index (κ3) is 2.52. The third-order valence-corrected chi connectivity index (χ3v) is 4.32. The maximum atomic E-state index is 11.6. The number of carbonyl (C=O) groups is 1. The van der Waals surface area contributed by atoms with E-state index in [9.17, 15) is 18.3 Å². The highest BCUT2D eigenvalue weighted by molar-refractivity contribution is 7.90. The van der Waals surface area contributed by atoms with E-state index >= 15 is 0 Å². The lowest BCUT2D eigenvalue weighted by Crippen LogP contribution is -2.36.